The van der Waals surface area contributed by atoms with E-state index in [4.69, 9.17) is 0 Å². The van der Waals surface area contributed by atoms with E-state index >= 15 is 0 Å². The fraction of sp³-hybridized carbons (Fsp3) is 0.571. The molecular weight excluding hydrogens is 387 g/mol. The van der Waals surface area contributed by atoms with Gasteiger partial charge >= 0.3 is 0 Å². The number of piperidine rings is 1. The molecular formula is C21H29FN6O2. The number of hydrogen-bond acceptors (Lipinski definition) is 5. The Kier molecular flexibility index (Phi) is 7.12. The van der Waals surface area contributed by atoms with Crippen molar-refractivity contribution in [1.29, 1.82) is 0 Å². The van der Waals surface area contributed by atoms with Crippen LogP contribution < -0.4 is 5.32 Å². The Labute approximate surface area is 175 Å². The first-order valence-electron chi connectivity index (χ1n) is 10.4. The van der Waals surface area contributed by atoms with Gasteiger partial charge in [0.05, 0.1) is 5.92 Å². The van der Waals surface area contributed by atoms with Crippen LogP contribution in [0.5, 0.6) is 0 Å². The molecule has 0 radical (unpaired) electrons. The molecule has 0 aliphatic carbocycles. The second-order valence-electron chi connectivity index (χ2n) is 8.28. The van der Waals surface area contributed by atoms with E-state index in [-0.39, 0.29) is 30.0 Å². The van der Waals surface area contributed by atoms with Crippen molar-refractivity contribution >= 4 is 11.8 Å². The van der Waals surface area contributed by atoms with Gasteiger partial charge in [0.25, 0.3) is 0 Å². The van der Waals surface area contributed by atoms with Crippen LogP contribution in [0, 0.1) is 24.6 Å². The summed E-state index contributed by atoms with van der Waals surface area (Å²) in [6.45, 7) is 7.38. The van der Waals surface area contributed by atoms with Crippen molar-refractivity contribution in [1.82, 2.24) is 30.4 Å². The lowest BCUT2D eigenvalue weighted by atomic mass is 9.95. The van der Waals surface area contributed by atoms with Gasteiger partial charge in [-0.25, -0.2) is 9.07 Å². The fourth-order valence-corrected chi connectivity index (χ4v) is 3.74. The third kappa shape index (κ3) is 5.40. The highest BCUT2D eigenvalue weighted by Gasteiger charge is 2.34. The van der Waals surface area contributed by atoms with E-state index in [0.717, 1.165) is 12.8 Å². The summed E-state index contributed by atoms with van der Waals surface area (Å²) < 4.78 is 15.2. The molecule has 8 nitrogen and oxygen atoms in total. The number of tetrazole rings is 1. The summed E-state index contributed by atoms with van der Waals surface area (Å²) in [4.78, 5) is 27.7. The van der Waals surface area contributed by atoms with Crippen LogP contribution in [0.1, 0.15) is 44.1 Å². The van der Waals surface area contributed by atoms with Crippen LogP contribution in [0.4, 0.5) is 4.39 Å². The summed E-state index contributed by atoms with van der Waals surface area (Å²) in [6, 6.07) is 5.49. The number of nitrogens with one attached hydrogen (secondary N) is 1. The largest absolute Gasteiger partial charge is 0.356 e. The number of benzene rings is 1. The van der Waals surface area contributed by atoms with Crippen LogP contribution in [-0.2, 0) is 16.0 Å². The maximum absolute atomic E-state index is 13.7. The van der Waals surface area contributed by atoms with Crippen LogP contribution in [-0.4, -0.2) is 56.6 Å². The lowest BCUT2D eigenvalue weighted by Gasteiger charge is -2.34. The van der Waals surface area contributed by atoms with Gasteiger partial charge in [-0.15, -0.1) is 5.10 Å². The van der Waals surface area contributed by atoms with Gasteiger partial charge in [-0.2, -0.15) is 0 Å². The van der Waals surface area contributed by atoms with E-state index < -0.39 is 6.04 Å². The molecule has 2 unspecified atom stereocenters. The predicted molar refractivity (Wildman–Crippen MR) is 109 cm³/mol. The molecule has 1 aromatic carbocycles. The van der Waals surface area contributed by atoms with E-state index in [1.54, 1.807) is 24.0 Å². The Bertz CT molecular complexity index is 884. The number of carbonyl (C=O) groups is 2. The summed E-state index contributed by atoms with van der Waals surface area (Å²) in [7, 11) is 0. The van der Waals surface area contributed by atoms with Gasteiger partial charge in [0.1, 0.15) is 17.7 Å². The minimum Gasteiger partial charge on any atom is -0.356 e. The van der Waals surface area contributed by atoms with Crippen molar-refractivity contribution in [3.63, 3.8) is 0 Å². The van der Waals surface area contributed by atoms with Crippen LogP contribution in [0.3, 0.4) is 0 Å². The van der Waals surface area contributed by atoms with Gasteiger partial charge in [0.15, 0.2) is 0 Å². The van der Waals surface area contributed by atoms with Gasteiger partial charge in [-0.05, 0) is 53.8 Å². The minimum atomic E-state index is -0.695. The van der Waals surface area contributed by atoms with Crippen molar-refractivity contribution in [2.24, 2.45) is 11.8 Å². The summed E-state index contributed by atoms with van der Waals surface area (Å²) >= 11 is 0. The molecule has 0 bridgehead atoms. The number of hydrogen-bond donors (Lipinski definition) is 1. The first-order chi connectivity index (χ1) is 14.3. The molecule has 1 N–H and O–H groups in total. The average Bonchev–Trinajstić information content (AvgIpc) is 3.15. The van der Waals surface area contributed by atoms with Crippen molar-refractivity contribution in [2.45, 2.75) is 46.1 Å². The quantitative estimate of drug-likeness (QED) is 0.744. The SMILES string of the molecule is Cc1nnnn1C(Cc1cccc(F)c1)C(=O)N1CCCC(C(=O)NCC(C)C)C1. The first kappa shape index (κ1) is 21.9. The van der Waals surface area contributed by atoms with Crippen LogP contribution >= 0.6 is 0 Å². The number of rotatable bonds is 7. The van der Waals surface area contributed by atoms with Crippen LogP contribution in [0.15, 0.2) is 24.3 Å². The van der Waals surface area contributed by atoms with E-state index in [2.05, 4.69) is 20.8 Å². The Morgan fingerprint density at radius 3 is 2.80 bits per heavy atom. The van der Waals surface area contributed by atoms with Gasteiger partial charge in [0.2, 0.25) is 11.8 Å². The average molecular weight is 417 g/mol. The van der Waals surface area contributed by atoms with Crippen LogP contribution in [0.2, 0.25) is 0 Å². The standard InChI is InChI=1S/C21H29FN6O2/c1-14(2)12-23-20(29)17-7-5-9-27(13-17)21(30)19(28-15(3)24-25-26-28)11-16-6-4-8-18(22)10-16/h4,6,8,10,14,17,19H,5,7,9,11-13H2,1-3H3,(H,23,29). The third-order valence-corrected chi connectivity index (χ3v) is 5.34. The van der Waals surface area contributed by atoms with E-state index in [1.165, 1.54) is 16.8 Å². The molecule has 30 heavy (non-hydrogen) atoms. The number of amides is 2. The molecule has 2 atom stereocenters. The van der Waals surface area contributed by atoms with Crippen molar-refractivity contribution in [3.05, 3.63) is 41.5 Å². The fourth-order valence-electron chi connectivity index (χ4n) is 3.74. The summed E-state index contributed by atoms with van der Waals surface area (Å²) in [5.74, 6) is 0.123. The van der Waals surface area contributed by atoms with E-state index in [9.17, 15) is 14.0 Å². The highest BCUT2D eigenvalue weighted by Crippen LogP contribution is 2.23. The van der Waals surface area contributed by atoms with Gasteiger partial charge in [-0.1, -0.05) is 26.0 Å². The number of likely N-dealkylation sites (tertiary alicyclic amines) is 1. The summed E-state index contributed by atoms with van der Waals surface area (Å²) in [5.41, 5.74) is 0.687. The topological polar surface area (TPSA) is 93.0 Å². The lowest BCUT2D eigenvalue weighted by Crippen LogP contribution is -2.48. The minimum absolute atomic E-state index is 0.0125. The van der Waals surface area contributed by atoms with Crippen molar-refractivity contribution in [2.75, 3.05) is 19.6 Å². The first-order valence-corrected chi connectivity index (χ1v) is 10.4. The van der Waals surface area contributed by atoms with Gasteiger partial charge in [-0.3, -0.25) is 9.59 Å². The Balaban J connectivity index is 1.77. The van der Waals surface area contributed by atoms with Crippen LogP contribution in [0.25, 0.3) is 0 Å². The monoisotopic (exact) mass is 416 g/mol. The third-order valence-electron chi connectivity index (χ3n) is 5.34. The van der Waals surface area contributed by atoms with Crippen molar-refractivity contribution < 1.29 is 14.0 Å². The van der Waals surface area contributed by atoms with E-state index in [0.29, 0.717) is 36.9 Å². The molecule has 1 fully saturated rings. The summed E-state index contributed by atoms with van der Waals surface area (Å²) in [6.07, 6.45) is 1.78. The smallest absolute Gasteiger partial charge is 0.247 e. The normalized spacial score (nSPS) is 17.8. The molecule has 2 aromatic rings. The Morgan fingerprint density at radius 1 is 1.33 bits per heavy atom. The summed E-state index contributed by atoms with van der Waals surface area (Å²) in [5, 5.41) is 14.5. The number of carbonyl (C=O) groups excluding carboxylic acids is 2. The maximum atomic E-state index is 13.7. The van der Waals surface area contributed by atoms with Gasteiger partial charge in [0, 0.05) is 26.1 Å². The molecule has 1 aliphatic heterocycles. The lowest BCUT2D eigenvalue weighted by molar-refractivity contribution is -0.139. The second kappa shape index (κ2) is 9.77. The zero-order chi connectivity index (χ0) is 21.7. The molecule has 2 heterocycles. The molecule has 2 amide bonds. The molecule has 1 aliphatic rings. The van der Waals surface area contributed by atoms with Gasteiger partial charge < -0.3 is 10.2 Å². The maximum Gasteiger partial charge on any atom is 0.247 e. The Morgan fingerprint density at radius 2 is 2.13 bits per heavy atom. The number of aryl methyl sites for hydroxylation is 1. The second-order valence-corrected chi connectivity index (χ2v) is 8.28. The predicted octanol–water partition coefficient (Wildman–Crippen LogP) is 1.92. The number of halogens is 1. The molecule has 0 spiro atoms. The zero-order valence-electron chi connectivity index (χ0n) is 17.7. The highest BCUT2D eigenvalue weighted by molar-refractivity contribution is 5.83. The van der Waals surface area contributed by atoms with Crippen molar-refractivity contribution in [3.8, 4) is 0 Å². The molecule has 1 aromatic heterocycles. The Hall–Kier alpha value is -2.84. The molecule has 3 rings (SSSR count). The number of aromatic nitrogens is 4. The molecule has 1 saturated heterocycles. The number of nitrogens with zero attached hydrogens (tertiary/aromatic N) is 5. The van der Waals surface area contributed by atoms with E-state index in [1.807, 2.05) is 13.8 Å². The molecule has 162 valence electrons. The molecule has 9 heteroatoms. The highest BCUT2D eigenvalue weighted by atomic mass is 19.1. The zero-order valence-corrected chi connectivity index (χ0v) is 17.7. The molecule has 0 saturated carbocycles.